The second kappa shape index (κ2) is 7.32. The molecule has 1 aliphatic rings. The van der Waals surface area contributed by atoms with Crippen LogP contribution in [-0.4, -0.2) is 24.3 Å². The first kappa shape index (κ1) is 15.6. The zero-order valence-electron chi connectivity index (χ0n) is 12.4. The molecule has 4 heteroatoms. The summed E-state index contributed by atoms with van der Waals surface area (Å²) in [6, 6.07) is 6.37. The van der Waals surface area contributed by atoms with Gasteiger partial charge in [0.2, 0.25) is 0 Å². The van der Waals surface area contributed by atoms with E-state index in [0.717, 1.165) is 23.8 Å². The molecule has 0 radical (unpaired) electrons. The molecule has 1 saturated carbocycles. The van der Waals surface area contributed by atoms with Gasteiger partial charge in [0.25, 0.3) is 0 Å². The number of anilines is 1. The molecule has 0 unspecified atom stereocenters. The van der Waals surface area contributed by atoms with Crippen molar-refractivity contribution in [3.63, 3.8) is 0 Å². The Morgan fingerprint density at radius 3 is 2.70 bits per heavy atom. The van der Waals surface area contributed by atoms with Gasteiger partial charge >= 0.3 is 0 Å². The van der Waals surface area contributed by atoms with Crippen molar-refractivity contribution in [2.75, 3.05) is 24.2 Å². The lowest BCUT2D eigenvalue weighted by molar-refractivity contribution is 0.547. The zero-order chi connectivity index (χ0) is 14.5. The van der Waals surface area contributed by atoms with E-state index >= 15 is 0 Å². The minimum Gasteiger partial charge on any atom is -0.389 e. The number of rotatable bonds is 6. The molecular formula is C16H24N2S2. The first-order valence-electron chi connectivity index (χ1n) is 7.40. The highest BCUT2D eigenvalue weighted by Crippen LogP contribution is 2.32. The van der Waals surface area contributed by atoms with Crippen molar-refractivity contribution >= 4 is 34.7 Å². The molecule has 2 N–H and O–H groups in total. The number of nitrogens with two attached hydrogens (primary N) is 1. The number of nitrogens with zero attached hydrogens (tertiary/aromatic N) is 1. The molecule has 2 nitrogen and oxygen atoms in total. The Balaban J connectivity index is 2.24. The summed E-state index contributed by atoms with van der Waals surface area (Å²) in [4.78, 5) is 4.05. The summed E-state index contributed by atoms with van der Waals surface area (Å²) in [6.07, 6.45) is 5.48. The molecule has 20 heavy (non-hydrogen) atoms. The van der Waals surface area contributed by atoms with Crippen molar-refractivity contribution in [2.24, 2.45) is 11.7 Å². The Bertz CT molecular complexity index is 468. The standard InChI is InChI=1S/C16H24N2S2/c1-3-20-14-10-6-9-13(15(14)16(17)19)18(2)11-12-7-4-5-8-12/h6,9-10,12H,3-5,7-8,11H2,1-2H3,(H2,17,19). The first-order chi connectivity index (χ1) is 9.63. The smallest absolute Gasteiger partial charge is 0.107 e. The summed E-state index contributed by atoms with van der Waals surface area (Å²) >= 11 is 7.10. The van der Waals surface area contributed by atoms with Crippen LogP contribution in [0.1, 0.15) is 38.2 Å². The fraction of sp³-hybridized carbons (Fsp3) is 0.562. The van der Waals surface area contributed by atoms with E-state index in [4.69, 9.17) is 18.0 Å². The van der Waals surface area contributed by atoms with Gasteiger partial charge in [-0.25, -0.2) is 0 Å². The van der Waals surface area contributed by atoms with Crippen molar-refractivity contribution in [2.45, 2.75) is 37.5 Å². The van der Waals surface area contributed by atoms with Gasteiger partial charge in [-0.05, 0) is 36.6 Å². The number of thioether (sulfide) groups is 1. The third kappa shape index (κ3) is 3.67. The molecule has 0 bridgehead atoms. The molecule has 1 aliphatic carbocycles. The van der Waals surface area contributed by atoms with Crippen LogP contribution in [0, 0.1) is 5.92 Å². The van der Waals surface area contributed by atoms with Gasteiger partial charge in [0.05, 0.1) is 0 Å². The zero-order valence-corrected chi connectivity index (χ0v) is 14.0. The van der Waals surface area contributed by atoms with Crippen molar-refractivity contribution in [3.8, 4) is 0 Å². The Hall–Kier alpha value is -0.740. The maximum atomic E-state index is 5.98. The first-order valence-corrected chi connectivity index (χ1v) is 8.79. The second-order valence-electron chi connectivity index (χ2n) is 5.48. The number of hydrogen-bond acceptors (Lipinski definition) is 3. The lowest BCUT2D eigenvalue weighted by Gasteiger charge is -2.26. The fourth-order valence-electron chi connectivity index (χ4n) is 3.04. The quantitative estimate of drug-likeness (QED) is 0.634. The summed E-state index contributed by atoms with van der Waals surface area (Å²) in [5.74, 6) is 1.85. The maximum Gasteiger partial charge on any atom is 0.107 e. The lowest BCUT2D eigenvalue weighted by Crippen LogP contribution is -2.27. The Kier molecular flexibility index (Phi) is 5.73. The van der Waals surface area contributed by atoms with E-state index in [1.54, 1.807) is 0 Å². The normalized spacial score (nSPS) is 15.5. The molecule has 2 rings (SSSR count). The van der Waals surface area contributed by atoms with Crippen molar-refractivity contribution in [1.82, 2.24) is 0 Å². The summed E-state index contributed by atoms with van der Waals surface area (Å²) in [5.41, 5.74) is 8.22. The summed E-state index contributed by atoms with van der Waals surface area (Å²) in [6.45, 7) is 3.26. The predicted molar refractivity (Wildman–Crippen MR) is 94.0 cm³/mol. The topological polar surface area (TPSA) is 29.3 Å². The third-order valence-corrected chi connectivity index (χ3v) is 5.11. The highest BCUT2D eigenvalue weighted by molar-refractivity contribution is 7.99. The average Bonchev–Trinajstić information content (AvgIpc) is 2.91. The second-order valence-corrected chi connectivity index (χ2v) is 7.22. The van der Waals surface area contributed by atoms with E-state index in [9.17, 15) is 0 Å². The maximum absolute atomic E-state index is 5.98. The molecule has 0 atom stereocenters. The molecular weight excluding hydrogens is 284 g/mol. The minimum absolute atomic E-state index is 0.509. The van der Waals surface area contributed by atoms with Gasteiger partial charge in [0, 0.05) is 29.7 Å². The van der Waals surface area contributed by atoms with Gasteiger partial charge in [0.1, 0.15) is 4.99 Å². The molecule has 1 fully saturated rings. The molecule has 0 heterocycles. The average molecular weight is 309 g/mol. The van der Waals surface area contributed by atoms with Gasteiger partial charge in [-0.2, -0.15) is 0 Å². The van der Waals surface area contributed by atoms with Crippen LogP contribution < -0.4 is 10.6 Å². The monoisotopic (exact) mass is 308 g/mol. The van der Waals surface area contributed by atoms with Crippen LogP contribution >= 0.6 is 24.0 Å². The number of hydrogen-bond donors (Lipinski definition) is 1. The Morgan fingerprint density at radius 2 is 2.10 bits per heavy atom. The van der Waals surface area contributed by atoms with Crippen molar-refractivity contribution in [3.05, 3.63) is 23.8 Å². The molecule has 0 aromatic heterocycles. The summed E-state index contributed by atoms with van der Waals surface area (Å²) < 4.78 is 0. The van der Waals surface area contributed by atoms with Gasteiger partial charge in [-0.15, -0.1) is 11.8 Å². The predicted octanol–water partition coefficient (Wildman–Crippen LogP) is 4.06. The van der Waals surface area contributed by atoms with Gasteiger partial charge in [0.15, 0.2) is 0 Å². The molecule has 0 spiro atoms. The molecule has 110 valence electrons. The molecule has 0 aliphatic heterocycles. The Morgan fingerprint density at radius 1 is 1.40 bits per heavy atom. The van der Waals surface area contributed by atoms with E-state index in [2.05, 4.69) is 37.1 Å². The highest BCUT2D eigenvalue weighted by atomic mass is 32.2. The van der Waals surface area contributed by atoms with Crippen LogP contribution in [-0.2, 0) is 0 Å². The highest BCUT2D eigenvalue weighted by Gasteiger charge is 2.20. The SMILES string of the molecule is CCSc1cccc(N(C)CC2CCCC2)c1C(N)=S. The Labute approximate surface area is 132 Å². The van der Waals surface area contributed by atoms with Crippen molar-refractivity contribution in [1.29, 1.82) is 0 Å². The molecule has 0 saturated heterocycles. The van der Waals surface area contributed by atoms with Crippen LogP contribution in [0.3, 0.4) is 0 Å². The third-order valence-electron chi connectivity index (χ3n) is 3.97. The minimum atomic E-state index is 0.509. The molecule has 0 amide bonds. The van der Waals surface area contributed by atoms with Gasteiger partial charge in [-0.3, -0.25) is 0 Å². The number of thiocarbonyl (C=S) groups is 1. The van der Waals surface area contributed by atoms with Crippen LogP contribution in [0.15, 0.2) is 23.1 Å². The fourth-order valence-corrected chi connectivity index (χ4v) is 4.16. The van der Waals surface area contributed by atoms with Crippen LogP contribution in [0.2, 0.25) is 0 Å². The van der Waals surface area contributed by atoms with E-state index in [1.165, 1.54) is 36.3 Å². The molecule has 1 aromatic carbocycles. The van der Waals surface area contributed by atoms with Gasteiger partial charge in [-0.1, -0.05) is 38.0 Å². The van der Waals surface area contributed by atoms with E-state index in [-0.39, 0.29) is 0 Å². The molecule has 1 aromatic rings. The lowest BCUT2D eigenvalue weighted by atomic mass is 10.1. The summed E-state index contributed by atoms with van der Waals surface area (Å²) in [5, 5.41) is 0. The van der Waals surface area contributed by atoms with Crippen LogP contribution in [0.4, 0.5) is 5.69 Å². The van der Waals surface area contributed by atoms with E-state index in [1.807, 2.05) is 11.8 Å². The van der Waals surface area contributed by atoms with Crippen LogP contribution in [0.25, 0.3) is 0 Å². The largest absolute Gasteiger partial charge is 0.389 e. The summed E-state index contributed by atoms with van der Waals surface area (Å²) in [7, 11) is 2.16. The van der Waals surface area contributed by atoms with E-state index in [0.29, 0.717) is 4.99 Å². The van der Waals surface area contributed by atoms with E-state index < -0.39 is 0 Å². The number of benzene rings is 1. The van der Waals surface area contributed by atoms with Crippen molar-refractivity contribution < 1.29 is 0 Å². The van der Waals surface area contributed by atoms with Gasteiger partial charge < -0.3 is 10.6 Å². The van der Waals surface area contributed by atoms with Crippen LogP contribution in [0.5, 0.6) is 0 Å².